The van der Waals surface area contributed by atoms with E-state index in [1.54, 1.807) is 18.3 Å². The SMILES string of the molecule is CN(c1c(-c2ccc(F)cc2)nc2ncccn12)C1CCCCC1. The van der Waals surface area contributed by atoms with Crippen molar-refractivity contribution in [1.29, 1.82) is 0 Å². The molecule has 24 heavy (non-hydrogen) atoms. The van der Waals surface area contributed by atoms with E-state index < -0.39 is 0 Å². The van der Waals surface area contributed by atoms with Crippen LogP contribution in [0.15, 0.2) is 42.7 Å². The van der Waals surface area contributed by atoms with Crippen LogP contribution in [0.25, 0.3) is 17.0 Å². The van der Waals surface area contributed by atoms with Crippen molar-refractivity contribution in [2.24, 2.45) is 0 Å². The van der Waals surface area contributed by atoms with Gasteiger partial charge in [-0.05, 0) is 43.2 Å². The molecule has 3 aromatic rings. The molecule has 0 N–H and O–H groups in total. The van der Waals surface area contributed by atoms with E-state index in [2.05, 4.69) is 16.9 Å². The molecule has 5 heteroatoms. The summed E-state index contributed by atoms with van der Waals surface area (Å²) >= 11 is 0. The van der Waals surface area contributed by atoms with Crippen molar-refractivity contribution < 1.29 is 4.39 Å². The van der Waals surface area contributed by atoms with Crippen LogP contribution >= 0.6 is 0 Å². The molecule has 0 aliphatic heterocycles. The Labute approximate surface area is 141 Å². The van der Waals surface area contributed by atoms with Crippen LogP contribution in [0.3, 0.4) is 0 Å². The summed E-state index contributed by atoms with van der Waals surface area (Å²) in [6.45, 7) is 0. The van der Waals surface area contributed by atoms with Crippen LogP contribution in [0.5, 0.6) is 0 Å². The van der Waals surface area contributed by atoms with Gasteiger partial charge in [0.2, 0.25) is 5.78 Å². The zero-order valence-corrected chi connectivity index (χ0v) is 13.8. The Hall–Kier alpha value is -2.43. The number of hydrogen-bond acceptors (Lipinski definition) is 3. The molecule has 1 aliphatic rings. The molecule has 1 saturated carbocycles. The van der Waals surface area contributed by atoms with Crippen LogP contribution in [0.1, 0.15) is 32.1 Å². The van der Waals surface area contributed by atoms with Crippen molar-refractivity contribution in [3.63, 3.8) is 0 Å². The lowest BCUT2D eigenvalue weighted by Gasteiger charge is -2.33. The highest BCUT2D eigenvalue weighted by Crippen LogP contribution is 2.34. The fourth-order valence-electron chi connectivity index (χ4n) is 3.65. The van der Waals surface area contributed by atoms with Crippen molar-refractivity contribution >= 4 is 11.6 Å². The Bertz CT molecular complexity index is 834. The predicted octanol–water partition coefficient (Wildman–Crippen LogP) is 4.30. The highest BCUT2D eigenvalue weighted by molar-refractivity contribution is 5.76. The third kappa shape index (κ3) is 2.64. The van der Waals surface area contributed by atoms with E-state index in [0.29, 0.717) is 11.8 Å². The van der Waals surface area contributed by atoms with Crippen molar-refractivity contribution in [2.75, 3.05) is 11.9 Å². The molecule has 2 heterocycles. The molecule has 0 radical (unpaired) electrons. The average molecular weight is 324 g/mol. The van der Waals surface area contributed by atoms with E-state index in [9.17, 15) is 4.39 Å². The molecule has 124 valence electrons. The third-order valence-corrected chi connectivity index (χ3v) is 4.95. The topological polar surface area (TPSA) is 33.4 Å². The van der Waals surface area contributed by atoms with Crippen LogP contribution < -0.4 is 4.90 Å². The number of imidazole rings is 1. The van der Waals surface area contributed by atoms with Gasteiger partial charge in [-0.3, -0.25) is 4.40 Å². The smallest absolute Gasteiger partial charge is 0.235 e. The number of aromatic nitrogens is 3. The van der Waals surface area contributed by atoms with Gasteiger partial charge in [0.15, 0.2) is 0 Å². The lowest BCUT2D eigenvalue weighted by atomic mass is 9.94. The zero-order chi connectivity index (χ0) is 16.5. The maximum Gasteiger partial charge on any atom is 0.235 e. The Balaban J connectivity index is 1.85. The molecular weight excluding hydrogens is 303 g/mol. The standard InChI is InChI=1S/C19H21FN4/c1-23(16-6-3-2-4-7-16)18-17(14-8-10-15(20)11-9-14)22-19-21-12-5-13-24(18)19/h5,8-13,16H,2-4,6-7H2,1H3. The van der Waals surface area contributed by atoms with Crippen molar-refractivity contribution in [3.05, 3.63) is 48.5 Å². The van der Waals surface area contributed by atoms with Gasteiger partial charge in [0.1, 0.15) is 17.3 Å². The zero-order valence-electron chi connectivity index (χ0n) is 13.8. The summed E-state index contributed by atoms with van der Waals surface area (Å²) in [6, 6.07) is 8.97. The minimum absolute atomic E-state index is 0.233. The van der Waals surface area contributed by atoms with E-state index in [4.69, 9.17) is 4.98 Å². The second-order valence-corrected chi connectivity index (χ2v) is 6.48. The number of halogens is 1. The fourth-order valence-corrected chi connectivity index (χ4v) is 3.65. The average Bonchev–Trinajstić information content (AvgIpc) is 3.02. The van der Waals surface area contributed by atoms with E-state index in [1.807, 2.05) is 16.7 Å². The summed E-state index contributed by atoms with van der Waals surface area (Å²) in [5.74, 6) is 1.48. The first-order valence-corrected chi connectivity index (χ1v) is 8.56. The van der Waals surface area contributed by atoms with E-state index in [1.165, 1.54) is 44.2 Å². The van der Waals surface area contributed by atoms with Crippen LogP contribution in [0, 0.1) is 5.82 Å². The number of hydrogen-bond donors (Lipinski definition) is 0. The number of nitrogens with zero attached hydrogens (tertiary/aromatic N) is 4. The van der Waals surface area contributed by atoms with E-state index in [-0.39, 0.29) is 5.82 Å². The second-order valence-electron chi connectivity index (χ2n) is 6.48. The van der Waals surface area contributed by atoms with Crippen molar-refractivity contribution in [2.45, 2.75) is 38.1 Å². The van der Waals surface area contributed by atoms with Crippen molar-refractivity contribution in [3.8, 4) is 11.3 Å². The van der Waals surface area contributed by atoms with Crippen molar-refractivity contribution in [1.82, 2.24) is 14.4 Å². The molecular formula is C19H21FN4. The van der Waals surface area contributed by atoms with Crippen LogP contribution in [-0.2, 0) is 0 Å². The molecule has 1 aromatic carbocycles. The maximum absolute atomic E-state index is 13.3. The molecule has 0 atom stereocenters. The molecule has 0 unspecified atom stereocenters. The second kappa shape index (κ2) is 6.23. The van der Waals surface area contributed by atoms with Gasteiger partial charge >= 0.3 is 0 Å². The highest BCUT2D eigenvalue weighted by Gasteiger charge is 2.25. The quantitative estimate of drug-likeness (QED) is 0.720. The summed E-state index contributed by atoms with van der Waals surface area (Å²) in [7, 11) is 2.14. The lowest BCUT2D eigenvalue weighted by molar-refractivity contribution is 0.426. The normalized spacial score (nSPS) is 15.8. The van der Waals surface area contributed by atoms with Crippen LogP contribution in [-0.4, -0.2) is 27.5 Å². The van der Waals surface area contributed by atoms with Gasteiger partial charge in [-0.1, -0.05) is 19.3 Å². The van der Waals surface area contributed by atoms with Gasteiger partial charge in [0.25, 0.3) is 0 Å². The molecule has 0 bridgehead atoms. The van der Waals surface area contributed by atoms with Crippen LogP contribution in [0.4, 0.5) is 10.2 Å². The van der Waals surface area contributed by atoms with E-state index >= 15 is 0 Å². The maximum atomic E-state index is 13.3. The molecule has 1 fully saturated rings. The first-order valence-electron chi connectivity index (χ1n) is 8.56. The fraction of sp³-hybridized carbons (Fsp3) is 0.368. The van der Waals surface area contributed by atoms with Gasteiger partial charge in [-0.2, -0.15) is 0 Å². The minimum atomic E-state index is -0.233. The Kier molecular flexibility index (Phi) is 3.92. The molecule has 1 aliphatic carbocycles. The summed E-state index contributed by atoms with van der Waals surface area (Å²) in [4.78, 5) is 11.4. The minimum Gasteiger partial charge on any atom is -0.356 e. The van der Waals surface area contributed by atoms with Gasteiger partial charge in [-0.15, -0.1) is 0 Å². The van der Waals surface area contributed by atoms with Gasteiger partial charge in [0.05, 0.1) is 0 Å². The Morgan fingerprint density at radius 1 is 1.12 bits per heavy atom. The van der Waals surface area contributed by atoms with Gasteiger partial charge < -0.3 is 4.90 Å². The molecule has 4 rings (SSSR count). The van der Waals surface area contributed by atoms with Gasteiger partial charge in [0, 0.05) is 31.0 Å². The number of rotatable bonds is 3. The highest BCUT2D eigenvalue weighted by atomic mass is 19.1. The van der Waals surface area contributed by atoms with Crippen LogP contribution in [0.2, 0.25) is 0 Å². The molecule has 0 amide bonds. The Morgan fingerprint density at radius 3 is 2.62 bits per heavy atom. The third-order valence-electron chi connectivity index (χ3n) is 4.95. The van der Waals surface area contributed by atoms with Gasteiger partial charge in [-0.25, -0.2) is 14.4 Å². The number of fused-ring (bicyclic) bond motifs is 1. The molecule has 4 nitrogen and oxygen atoms in total. The largest absolute Gasteiger partial charge is 0.356 e. The molecule has 0 saturated heterocycles. The summed E-state index contributed by atoms with van der Waals surface area (Å²) in [5, 5.41) is 0. The number of benzene rings is 1. The Morgan fingerprint density at radius 2 is 1.88 bits per heavy atom. The summed E-state index contributed by atoms with van der Waals surface area (Å²) in [5.41, 5.74) is 1.78. The van der Waals surface area contributed by atoms with E-state index in [0.717, 1.165) is 17.1 Å². The summed E-state index contributed by atoms with van der Waals surface area (Å²) < 4.78 is 15.3. The first-order chi connectivity index (χ1) is 11.7. The first kappa shape index (κ1) is 15.1. The molecule has 0 spiro atoms. The lowest BCUT2D eigenvalue weighted by Crippen LogP contribution is -2.34. The molecule has 2 aromatic heterocycles. The monoisotopic (exact) mass is 324 g/mol. The predicted molar refractivity (Wildman–Crippen MR) is 93.7 cm³/mol. The number of anilines is 1. The summed E-state index contributed by atoms with van der Waals surface area (Å²) in [6.07, 6.45) is 10.0.